The van der Waals surface area contributed by atoms with Gasteiger partial charge in [0.05, 0.1) is 18.5 Å². The number of rotatable bonds is 11. The molecule has 0 aliphatic heterocycles. The summed E-state index contributed by atoms with van der Waals surface area (Å²) >= 11 is 0. The topological polar surface area (TPSA) is 75.7 Å². The lowest BCUT2D eigenvalue weighted by atomic mass is 10.1. The van der Waals surface area contributed by atoms with E-state index in [9.17, 15) is 13.2 Å². The number of hydrogen-bond donors (Lipinski definition) is 1. The van der Waals surface area contributed by atoms with Crippen molar-refractivity contribution in [2.24, 2.45) is 0 Å². The molecule has 1 amide bonds. The Kier molecular flexibility index (Phi) is 8.72. The van der Waals surface area contributed by atoms with Crippen molar-refractivity contribution in [3.05, 3.63) is 59.2 Å². The maximum Gasteiger partial charge on any atom is 0.232 e. The number of nitrogens with zero attached hydrogens (tertiary/aromatic N) is 1. The maximum absolute atomic E-state index is 12.2. The number of hydrogen-bond acceptors (Lipinski definition) is 4. The first kappa shape index (κ1) is 23.7. The molecule has 0 saturated heterocycles. The van der Waals surface area contributed by atoms with Gasteiger partial charge >= 0.3 is 0 Å². The number of amides is 1. The summed E-state index contributed by atoms with van der Waals surface area (Å²) in [5, 5.41) is 2.81. The van der Waals surface area contributed by atoms with Crippen molar-refractivity contribution >= 4 is 21.6 Å². The SMILES string of the molecule is CCc1ccc(OCCNC(=O)CCCN(c2ccc(C)cc2C)S(C)(=O)=O)cc1. The van der Waals surface area contributed by atoms with Gasteiger partial charge in [0.15, 0.2) is 0 Å². The highest BCUT2D eigenvalue weighted by molar-refractivity contribution is 7.92. The average Bonchev–Trinajstić information content (AvgIpc) is 2.69. The quantitative estimate of drug-likeness (QED) is 0.551. The van der Waals surface area contributed by atoms with E-state index in [2.05, 4.69) is 12.2 Å². The maximum atomic E-state index is 12.2. The van der Waals surface area contributed by atoms with E-state index in [1.54, 1.807) is 0 Å². The van der Waals surface area contributed by atoms with Crippen LogP contribution in [-0.4, -0.2) is 40.3 Å². The molecule has 0 spiro atoms. The number of nitrogens with one attached hydrogen (secondary N) is 1. The van der Waals surface area contributed by atoms with Gasteiger partial charge in [0.2, 0.25) is 15.9 Å². The molecule has 0 saturated carbocycles. The molecule has 0 aromatic heterocycles. The summed E-state index contributed by atoms with van der Waals surface area (Å²) in [7, 11) is -3.43. The van der Waals surface area contributed by atoms with E-state index in [4.69, 9.17) is 4.74 Å². The number of anilines is 1. The summed E-state index contributed by atoms with van der Waals surface area (Å²) in [6.45, 7) is 7.01. The zero-order chi connectivity index (χ0) is 22.1. The third-order valence-electron chi connectivity index (χ3n) is 4.81. The van der Waals surface area contributed by atoms with Crippen LogP contribution in [0, 0.1) is 13.8 Å². The first-order chi connectivity index (χ1) is 14.2. The Balaban J connectivity index is 1.77. The van der Waals surface area contributed by atoms with Gasteiger partial charge in [-0.3, -0.25) is 9.10 Å². The third kappa shape index (κ3) is 7.37. The second kappa shape index (κ2) is 11.0. The first-order valence-electron chi connectivity index (χ1n) is 10.2. The highest BCUT2D eigenvalue weighted by Crippen LogP contribution is 2.24. The minimum absolute atomic E-state index is 0.117. The van der Waals surface area contributed by atoms with Crippen LogP contribution in [0.1, 0.15) is 36.5 Å². The van der Waals surface area contributed by atoms with Crippen LogP contribution in [0.3, 0.4) is 0 Å². The monoisotopic (exact) mass is 432 g/mol. The zero-order valence-electron chi connectivity index (χ0n) is 18.3. The Hall–Kier alpha value is -2.54. The van der Waals surface area contributed by atoms with Crippen molar-refractivity contribution in [3.63, 3.8) is 0 Å². The lowest BCUT2D eigenvalue weighted by molar-refractivity contribution is -0.121. The molecule has 0 atom stereocenters. The van der Waals surface area contributed by atoms with Gasteiger partial charge in [-0.2, -0.15) is 0 Å². The second-order valence-electron chi connectivity index (χ2n) is 7.42. The molecular weight excluding hydrogens is 400 g/mol. The molecule has 7 heteroatoms. The van der Waals surface area contributed by atoms with Gasteiger partial charge in [-0.1, -0.05) is 36.8 Å². The fraction of sp³-hybridized carbons (Fsp3) is 0.435. The van der Waals surface area contributed by atoms with Gasteiger partial charge in [-0.25, -0.2) is 8.42 Å². The minimum Gasteiger partial charge on any atom is -0.492 e. The Labute approximate surface area is 180 Å². The lowest BCUT2D eigenvalue weighted by Crippen LogP contribution is -2.33. The first-order valence-corrected chi connectivity index (χ1v) is 12.1. The van der Waals surface area contributed by atoms with Crippen molar-refractivity contribution in [1.82, 2.24) is 5.32 Å². The molecule has 30 heavy (non-hydrogen) atoms. The minimum atomic E-state index is -3.43. The van der Waals surface area contributed by atoms with Crippen LogP contribution in [0.15, 0.2) is 42.5 Å². The number of carbonyl (C=O) groups is 1. The van der Waals surface area contributed by atoms with Gasteiger partial charge in [-0.15, -0.1) is 0 Å². The molecule has 0 aliphatic carbocycles. The van der Waals surface area contributed by atoms with Crippen LogP contribution >= 0.6 is 0 Å². The standard InChI is InChI=1S/C23H32N2O4S/c1-5-20-9-11-21(12-10-20)29-16-14-24-23(26)7-6-15-25(30(4,27)28)22-13-8-18(2)17-19(22)3/h8-13,17H,5-7,14-16H2,1-4H3,(H,24,26). The van der Waals surface area contributed by atoms with Crippen molar-refractivity contribution in [2.75, 3.05) is 30.3 Å². The molecule has 6 nitrogen and oxygen atoms in total. The summed E-state index contributed by atoms with van der Waals surface area (Å²) < 4.78 is 31.5. The van der Waals surface area contributed by atoms with E-state index in [-0.39, 0.29) is 18.9 Å². The summed E-state index contributed by atoms with van der Waals surface area (Å²) in [4.78, 5) is 12.1. The summed E-state index contributed by atoms with van der Waals surface area (Å²) in [6.07, 6.45) is 2.86. The molecule has 0 unspecified atom stereocenters. The fourth-order valence-corrected chi connectivity index (χ4v) is 4.23. The Morgan fingerprint density at radius 2 is 1.80 bits per heavy atom. The molecule has 0 fully saturated rings. The van der Waals surface area contributed by atoms with Crippen LogP contribution in [0.25, 0.3) is 0 Å². The molecule has 164 valence electrons. The normalized spacial score (nSPS) is 11.2. The van der Waals surface area contributed by atoms with Crippen LogP contribution in [0.4, 0.5) is 5.69 Å². The summed E-state index contributed by atoms with van der Waals surface area (Å²) in [6, 6.07) is 13.6. The van der Waals surface area contributed by atoms with Gasteiger partial charge < -0.3 is 10.1 Å². The van der Waals surface area contributed by atoms with Crippen LogP contribution < -0.4 is 14.4 Å². The van der Waals surface area contributed by atoms with E-state index in [0.717, 1.165) is 23.3 Å². The predicted molar refractivity (Wildman–Crippen MR) is 122 cm³/mol. The highest BCUT2D eigenvalue weighted by atomic mass is 32.2. The molecule has 0 aliphatic rings. The third-order valence-corrected chi connectivity index (χ3v) is 5.99. The molecule has 0 bridgehead atoms. The number of benzene rings is 2. The average molecular weight is 433 g/mol. The largest absolute Gasteiger partial charge is 0.492 e. The number of aryl methyl sites for hydroxylation is 3. The van der Waals surface area contributed by atoms with Crippen LogP contribution in [-0.2, 0) is 21.2 Å². The predicted octanol–water partition coefficient (Wildman–Crippen LogP) is 3.61. The van der Waals surface area contributed by atoms with Gasteiger partial charge in [0, 0.05) is 13.0 Å². The van der Waals surface area contributed by atoms with E-state index < -0.39 is 10.0 Å². The van der Waals surface area contributed by atoms with Crippen molar-refractivity contribution in [3.8, 4) is 5.75 Å². The van der Waals surface area contributed by atoms with E-state index >= 15 is 0 Å². The Bertz CT molecular complexity index is 940. The molecule has 0 radical (unpaired) electrons. The van der Waals surface area contributed by atoms with Gasteiger partial charge in [0.1, 0.15) is 12.4 Å². The van der Waals surface area contributed by atoms with Gasteiger partial charge in [-0.05, 0) is 56.0 Å². The number of carbonyl (C=O) groups excluding carboxylic acids is 1. The number of ether oxygens (including phenoxy) is 1. The zero-order valence-corrected chi connectivity index (χ0v) is 19.1. The summed E-state index contributed by atoms with van der Waals surface area (Å²) in [5.74, 6) is 0.660. The van der Waals surface area contributed by atoms with Crippen molar-refractivity contribution < 1.29 is 17.9 Å². The smallest absolute Gasteiger partial charge is 0.232 e. The second-order valence-corrected chi connectivity index (χ2v) is 9.33. The number of sulfonamides is 1. The molecule has 0 heterocycles. The van der Waals surface area contributed by atoms with E-state index in [1.807, 2.05) is 56.3 Å². The van der Waals surface area contributed by atoms with Crippen molar-refractivity contribution in [1.29, 1.82) is 0 Å². The fourth-order valence-electron chi connectivity index (χ4n) is 3.20. The lowest BCUT2D eigenvalue weighted by Gasteiger charge is -2.24. The molecule has 2 aromatic carbocycles. The molecule has 2 rings (SSSR count). The van der Waals surface area contributed by atoms with Crippen molar-refractivity contribution in [2.45, 2.75) is 40.0 Å². The van der Waals surface area contributed by atoms with E-state index in [0.29, 0.717) is 25.3 Å². The van der Waals surface area contributed by atoms with E-state index in [1.165, 1.54) is 16.1 Å². The Morgan fingerprint density at radius 3 is 2.40 bits per heavy atom. The highest BCUT2D eigenvalue weighted by Gasteiger charge is 2.19. The molecule has 1 N–H and O–H groups in total. The Morgan fingerprint density at radius 1 is 1.10 bits per heavy atom. The van der Waals surface area contributed by atoms with Crippen LogP contribution in [0.5, 0.6) is 5.75 Å². The molecule has 2 aromatic rings. The summed E-state index contributed by atoms with van der Waals surface area (Å²) in [5.41, 5.74) is 3.88. The molecular formula is C23H32N2O4S. The van der Waals surface area contributed by atoms with Gasteiger partial charge in [0.25, 0.3) is 0 Å². The van der Waals surface area contributed by atoms with Crippen LogP contribution in [0.2, 0.25) is 0 Å².